The summed E-state index contributed by atoms with van der Waals surface area (Å²) in [5.41, 5.74) is 2.11. The molecule has 108 valence electrons. The lowest BCUT2D eigenvalue weighted by atomic mass is 10.4. The maximum Gasteiger partial charge on any atom is 0.330 e. The molecular formula is C12H18N6O2. The molecule has 0 aliphatic carbocycles. The van der Waals surface area contributed by atoms with Crippen LogP contribution in [0.1, 0.15) is 17.8 Å². The summed E-state index contributed by atoms with van der Waals surface area (Å²) in [6, 6.07) is 2.02. The van der Waals surface area contributed by atoms with Crippen molar-refractivity contribution >= 4 is 11.5 Å². The molecule has 0 radical (unpaired) electrons. The molecule has 2 rings (SSSR count). The quantitative estimate of drug-likeness (QED) is 0.493. The smallest absolute Gasteiger partial charge is 0.330 e. The Labute approximate surface area is 116 Å². The highest BCUT2D eigenvalue weighted by molar-refractivity contribution is 5.54. The third kappa shape index (κ3) is 3.14. The van der Waals surface area contributed by atoms with E-state index in [2.05, 4.69) is 15.5 Å². The normalized spacial score (nSPS) is 10.8. The van der Waals surface area contributed by atoms with E-state index < -0.39 is 4.92 Å². The molecule has 20 heavy (non-hydrogen) atoms. The zero-order valence-electron chi connectivity index (χ0n) is 11.8. The molecule has 0 saturated heterocycles. The van der Waals surface area contributed by atoms with Crippen LogP contribution in [0.3, 0.4) is 0 Å². The van der Waals surface area contributed by atoms with Crippen LogP contribution >= 0.6 is 0 Å². The fourth-order valence-electron chi connectivity index (χ4n) is 2.07. The second-order valence-corrected chi connectivity index (χ2v) is 4.72. The molecule has 0 saturated carbocycles. The van der Waals surface area contributed by atoms with Crippen LogP contribution in [-0.2, 0) is 13.6 Å². The topological polar surface area (TPSA) is 90.8 Å². The van der Waals surface area contributed by atoms with Gasteiger partial charge in [0.05, 0.1) is 10.6 Å². The molecule has 2 aromatic heterocycles. The molecule has 0 bridgehead atoms. The molecule has 0 aliphatic heterocycles. The Morgan fingerprint density at radius 1 is 1.40 bits per heavy atom. The second-order valence-electron chi connectivity index (χ2n) is 4.72. The minimum absolute atomic E-state index is 0.00128. The van der Waals surface area contributed by atoms with Crippen LogP contribution in [0.25, 0.3) is 0 Å². The van der Waals surface area contributed by atoms with E-state index in [-0.39, 0.29) is 5.69 Å². The zero-order chi connectivity index (χ0) is 14.7. The molecule has 0 aromatic carbocycles. The lowest BCUT2D eigenvalue weighted by Gasteiger charge is -2.05. The number of nitrogens with one attached hydrogen (secondary N) is 1. The molecule has 0 amide bonds. The Balaban J connectivity index is 1.87. The van der Waals surface area contributed by atoms with E-state index in [1.165, 1.54) is 10.9 Å². The number of aryl methyl sites for hydroxylation is 4. The van der Waals surface area contributed by atoms with Crippen molar-refractivity contribution in [3.05, 3.63) is 33.8 Å². The first-order valence-corrected chi connectivity index (χ1v) is 6.40. The lowest BCUT2D eigenvalue weighted by Crippen LogP contribution is -2.10. The Bertz CT molecular complexity index is 615. The molecule has 2 heterocycles. The van der Waals surface area contributed by atoms with Gasteiger partial charge in [-0.05, 0) is 26.3 Å². The Morgan fingerprint density at radius 2 is 2.15 bits per heavy atom. The van der Waals surface area contributed by atoms with E-state index in [0.29, 0.717) is 12.4 Å². The van der Waals surface area contributed by atoms with Gasteiger partial charge in [-0.3, -0.25) is 19.5 Å². The van der Waals surface area contributed by atoms with Crippen LogP contribution in [0.4, 0.5) is 11.5 Å². The van der Waals surface area contributed by atoms with E-state index in [1.54, 1.807) is 7.05 Å². The number of aromatic nitrogens is 4. The van der Waals surface area contributed by atoms with E-state index >= 15 is 0 Å². The first-order valence-electron chi connectivity index (χ1n) is 6.40. The first-order chi connectivity index (χ1) is 9.47. The van der Waals surface area contributed by atoms with Gasteiger partial charge < -0.3 is 5.32 Å². The summed E-state index contributed by atoms with van der Waals surface area (Å²) < 4.78 is 3.37. The summed E-state index contributed by atoms with van der Waals surface area (Å²) in [6.45, 7) is 5.35. The highest BCUT2D eigenvalue weighted by atomic mass is 16.6. The van der Waals surface area contributed by atoms with Crippen LogP contribution in [-0.4, -0.2) is 31.0 Å². The van der Waals surface area contributed by atoms with Crippen LogP contribution in [0, 0.1) is 24.0 Å². The Morgan fingerprint density at radius 3 is 2.75 bits per heavy atom. The highest BCUT2D eigenvalue weighted by Gasteiger charge is 2.17. The molecular weight excluding hydrogens is 260 g/mol. The average molecular weight is 278 g/mol. The van der Waals surface area contributed by atoms with Crippen LogP contribution in [0.5, 0.6) is 0 Å². The summed E-state index contributed by atoms with van der Waals surface area (Å²) in [4.78, 5) is 10.4. The standard InChI is InChI=1S/C12H18N6O2/c1-9-7-10(2)17(14-9)6-4-5-13-12-11(18(19)20)8-16(3)15-12/h7-8H,4-6H2,1-3H3,(H,13,15). The second kappa shape index (κ2) is 5.72. The van der Waals surface area contributed by atoms with Gasteiger partial charge in [-0.2, -0.15) is 5.10 Å². The third-order valence-corrected chi connectivity index (χ3v) is 2.95. The third-order valence-electron chi connectivity index (χ3n) is 2.95. The maximum atomic E-state index is 10.8. The van der Waals surface area contributed by atoms with Crippen molar-refractivity contribution in [2.24, 2.45) is 7.05 Å². The molecule has 0 unspecified atom stereocenters. The summed E-state index contributed by atoms with van der Waals surface area (Å²) in [6.07, 6.45) is 2.21. The summed E-state index contributed by atoms with van der Waals surface area (Å²) >= 11 is 0. The number of hydrogen-bond acceptors (Lipinski definition) is 5. The molecule has 1 N–H and O–H groups in total. The van der Waals surface area contributed by atoms with Crippen molar-refractivity contribution < 1.29 is 4.92 Å². The lowest BCUT2D eigenvalue weighted by molar-refractivity contribution is -0.384. The van der Waals surface area contributed by atoms with E-state index in [4.69, 9.17) is 0 Å². The zero-order valence-corrected chi connectivity index (χ0v) is 11.8. The van der Waals surface area contributed by atoms with Crippen molar-refractivity contribution in [3.63, 3.8) is 0 Å². The number of nitrogens with zero attached hydrogens (tertiary/aromatic N) is 5. The van der Waals surface area contributed by atoms with Crippen molar-refractivity contribution in [2.45, 2.75) is 26.8 Å². The van der Waals surface area contributed by atoms with Crippen LogP contribution in [0.2, 0.25) is 0 Å². The van der Waals surface area contributed by atoms with Gasteiger partial charge in [-0.25, -0.2) is 0 Å². The predicted molar refractivity (Wildman–Crippen MR) is 74.7 cm³/mol. The first kappa shape index (κ1) is 14.0. The maximum absolute atomic E-state index is 10.8. The van der Waals surface area contributed by atoms with Gasteiger partial charge >= 0.3 is 5.69 Å². The fourth-order valence-corrected chi connectivity index (χ4v) is 2.07. The van der Waals surface area contributed by atoms with Gasteiger partial charge in [0.1, 0.15) is 6.20 Å². The number of rotatable bonds is 6. The van der Waals surface area contributed by atoms with Crippen molar-refractivity contribution in [3.8, 4) is 0 Å². The van der Waals surface area contributed by atoms with Gasteiger partial charge in [0.25, 0.3) is 0 Å². The van der Waals surface area contributed by atoms with Crippen LogP contribution < -0.4 is 5.32 Å². The fraction of sp³-hybridized carbons (Fsp3) is 0.500. The predicted octanol–water partition coefficient (Wildman–Crippen LogP) is 1.64. The SMILES string of the molecule is Cc1cc(C)n(CCCNc2nn(C)cc2[N+](=O)[O-])n1. The highest BCUT2D eigenvalue weighted by Crippen LogP contribution is 2.21. The van der Waals surface area contributed by atoms with Gasteiger partial charge in [-0.1, -0.05) is 0 Å². The molecule has 0 atom stereocenters. The molecule has 8 heteroatoms. The van der Waals surface area contributed by atoms with Gasteiger partial charge in [0.15, 0.2) is 0 Å². The monoisotopic (exact) mass is 278 g/mol. The number of anilines is 1. The molecule has 0 fully saturated rings. The largest absolute Gasteiger partial charge is 0.363 e. The molecule has 0 spiro atoms. The molecule has 2 aromatic rings. The summed E-state index contributed by atoms with van der Waals surface area (Å²) in [5.74, 6) is 0.311. The number of nitro groups is 1. The minimum Gasteiger partial charge on any atom is -0.363 e. The molecule has 0 aliphatic rings. The van der Waals surface area contributed by atoms with E-state index in [0.717, 1.165) is 24.4 Å². The van der Waals surface area contributed by atoms with E-state index in [9.17, 15) is 10.1 Å². The Kier molecular flexibility index (Phi) is 4.02. The Hall–Kier alpha value is -2.38. The van der Waals surface area contributed by atoms with Crippen molar-refractivity contribution in [1.29, 1.82) is 0 Å². The van der Waals surface area contributed by atoms with Gasteiger partial charge in [0.2, 0.25) is 5.82 Å². The number of hydrogen-bond donors (Lipinski definition) is 1. The summed E-state index contributed by atoms with van der Waals surface area (Å²) in [5, 5.41) is 22.2. The van der Waals surface area contributed by atoms with E-state index in [1.807, 2.05) is 24.6 Å². The summed E-state index contributed by atoms with van der Waals surface area (Å²) in [7, 11) is 1.66. The van der Waals surface area contributed by atoms with Crippen molar-refractivity contribution in [1.82, 2.24) is 19.6 Å². The van der Waals surface area contributed by atoms with Crippen LogP contribution in [0.15, 0.2) is 12.3 Å². The minimum atomic E-state index is -0.434. The average Bonchev–Trinajstić information content (AvgIpc) is 2.88. The van der Waals surface area contributed by atoms with Gasteiger partial charge in [0, 0.05) is 25.8 Å². The molecule has 8 nitrogen and oxygen atoms in total. The van der Waals surface area contributed by atoms with Gasteiger partial charge in [-0.15, -0.1) is 5.10 Å². The van der Waals surface area contributed by atoms with Crippen molar-refractivity contribution in [2.75, 3.05) is 11.9 Å².